The smallest absolute Gasteiger partial charge is 0.319 e. The van der Waals surface area contributed by atoms with E-state index in [4.69, 9.17) is 0 Å². The lowest BCUT2D eigenvalue weighted by atomic mass is 10.3. The summed E-state index contributed by atoms with van der Waals surface area (Å²) < 4.78 is 0. The third kappa shape index (κ3) is 5.46. The Morgan fingerprint density at radius 1 is 1.16 bits per heavy atom. The Morgan fingerprint density at radius 3 is 2.32 bits per heavy atom. The first-order valence-corrected chi connectivity index (χ1v) is 7.00. The number of hydrogen-bond donors (Lipinski definition) is 1. The van der Waals surface area contributed by atoms with Gasteiger partial charge in [-0.2, -0.15) is 0 Å². The van der Waals surface area contributed by atoms with Gasteiger partial charge in [0.25, 0.3) is 0 Å². The Hall–Kier alpha value is -1.30. The van der Waals surface area contributed by atoms with Crippen LogP contribution in [0, 0.1) is 0 Å². The van der Waals surface area contributed by atoms with Gasteiger partial charge in [-0.05, 0) is 6.42 Å². The molecular weight excluding hydrogens is 244 g/mol. The molecule has 19 heavy (non-hydrogen) atoms. The maximum absolute atomic E-state index is 11.8. The van der Waals surface area contributed by atoms with Crippen molar-refractivity contribution < 1.29 is 9.59 Å². The van der Waals surface area contributed by atoms with Crippen LogP contribution in [-0.2, 0) is 4.79 Å². The second-order valence-corrected chi connectivity index (χ2v) is 5.14. The number of nitrogens with one attached hydrogen (secondary N) is 1. The average molecular weight is 270 g/mol. The van der Waals surface area contributed by atoms with E-state index in [1.54, 1.807) is 19.0 Å². The summed E-state index contributed by atoms with van der Waals surface area (Å²) in [5, 5.41) is 2.91. The van der Waals surface area contributed by atoms with E-state index in [0.29, 0.717) is 19.6 Å². The van der Waals surface area contributed by atoms with Crippen LogP contribution in [0.4, 0.5) is 4.79 Å². The minimum atomic E-state index is 0.0482. The fourth-order valence-electron chi connectivity index (χ4n) is 2.04. The number of rotatable bonds is 5. The van der Waals surface area contributed by atoms with E-state index in [1.807, 2.05) is 4.90 Å². The van der Waals surface area contributed by atoms with Gasteiger partial charge < -0.3 is 15.1 Å². The van der Waals surface area contributed by atoms with Gasteiger partial charge in [-0.1, -0.05) is 13.3 Å². The molecule has 0 saturated carbocycles. The van der Waals surface area contributed by atoms with Crippen molar-refractivity contribution in [3.05, 3.63) is 0 Å². The molecule has 0 spiro atoms. The maximum Gasteiger partial charge on any atom is 0.319 e. The van der Waals surface area contributed by atoms with Gasteiger partial charge in [0.2, 0.25) is 5.91 Å². The normalized spacial score (nSPS) is 16.3. The standard InChI is InChI=1S/C13H26N4O2/c1-4-5-6-14-12(18)11-16-7-9-17(10-8-16)13(19)15(2)3/h4-11H2,1-3H3,(H,14,18). The van der Waals surface area contributed by atoms with E-state index in [0.717, 1.165) is 32.5 Å². The monoisotopic (exact) mass is 270 g/mol. The zero-order valence-electron chi connectivity index (χ0n) is 12.3. The van der Waals surface area contributed by atoms with Crippen LogP contribution in [0.3, 0.4) is 0 Å². The van der Waals surface area contributed by atoms with Crippen LogP contribution in [-0.4, -0.2) is 80.0 Å². The van der Waals surface area contributed by atoms with Crippen LogP contribution in [0.25, 0.3) is 0 Å². The second kappa shape index (κ2) is 7.99. The summed E-state index contributed by atoms with van der Waals surface area (Å²) in [4.78, 5) is 28.9. The summed E-state index contributed by atoms with van der Waals surface area (Å²) in [6.45, 7) is 6.22. The van der Waals surface area contributed by atoms with E-state index in [9.17, 15) is 9.59 Å². The van der Waals surface area contributed by atoms with Gasteiger partial charge in [0.1, 0.15) is 0 Å². The van der Waals surface area contributed by atoms with Crippen LogP contribution >= 0.6 is 0 Å². The van der Waals surface area contributed by atoms with Gasteiger partial charge in [-0.3, -0.25) is 9.69 Å². The van der Waals surface area contributed by atoms with Gasteiger partial charge in [-0.15, -0.1) is 0 Å². The second-order valence-electron chi connectivity index (χ2n) is 5.14. The highest BCUT2D eigenvalue weighted by Gasteiger charge is 2.22. The lowest BCUT2D eigenvalue weighted by Gasteiger charge is -2.35. The lowest BCUT2D eigenvalue weighted by Crippen LogP contribution is -2.53. The first kappa shape index (κ1) is 15.8. The van der Waals surface area contributed by atoms with Crippen molar-refractivity contribution >= 4 is 11.9 Å². The first-order chi connectivity index (χ1) is 9.04. The van der Waals surface area contributed by atoms with Gasteiger partial charge in [0.15, 0.2) is 0 Å². The van der Waals surface area contributed by atoms with Crippen molar-refractivity contribution in [2.24, 2.45) is 0 Å². The van der Waals surface area contributed by atoms with Gasteiger partial charge in [0, 0.05) is 46.8 Å². The molecule has 3 amide bonds. The molecular formula is C13H26N4O2. The molecule has 0 atom stereocenters. The largest absolute Gasteiger partial charge is 0.355 e. The number of unbranched alkanes of at least 4 members (excludes halogenated alkanes) is 1. The van der Waals surface area contributed by atoms with Crippen molar-refractivity contribution in [1.82, 2.24) is 20.0 Å². The molecule has 1 N–H and O–H groups in total. The molecule has 1 aliphatic rings. The summed E-state index contributed by atoms with van der Waals surface area (Å²) in [7, 11) is 3.52. The fraction of sp³-hybridized carbons (Fsp3) is 0.846. The third-order valence-electron chi connectivity index (χ3n) is 3.25. The third-order valence-corrected chi connectivity index (χ3v) is 3.25. The van der Waals surface area contributed by atoms with Gasteiger partial charge >= 0.3 is 6.03 Å². The van der Waals surface area contributed by atoms with Crippen molar-refractivity contribution in [2.45, 2.75) is 19.8 Å². The molecule has 0 aromatic heterocycles. The van der Waals surface area contributed by atoms with Crippen molar-refractivity contribution in [3.63, 3.8) is 0 Å². The highest BCUT2D eigenvalue weighted by Crippen LogP contribution is 2.03. The quantitative estimate of drug-likeness (QED) is 0.726. The predicted octanol–water partition coefficient (Wildman–Crippen LogP) is 0.202. The molecule has 1 heterocycles. The lowest BCUT2D eigenvalue weighted by molar-refractivity contribution is -0.122. The molecule has 6 heteroatoms. The van der Waals surface area contributed by atoms with Crippen molar-refractivity contribution in [1.29, 1.82) is 0 Å². The highest BCUT2D eigenvalue weighted by atomic mass is 16.2. The molecule has 6 nitrogen and oxygen atoms in total. The summed E-state index contributed by atoms with van der Waals surface area (Å²) in [6.07, 6.45) is 2.11. The molecule has 1 aliphatic heterocycles. The van der Waals surface area contributed by atoms with Crippen LogP contribution in [0.15, 0.2) is 0 Å². The number of carbonyl (C=O) groups excluding carboxylic acids is 2. The molecule has 1 saturated heterocycles. The molecule has 110 valence electrons. The Balaban J connectivity index is 2.23. The highest BCUT2D eigenvalue weighted by molar-refractivity contribution is 5.78. The Labute approximate surface area is 115 Å². The van der Waals surface area contributed by atoms with Crippen LogP contribution in [0.1, 0.15) is 19.8 Å². The Morgan fingerprint density at radius 2 is 1.79 bits per heavy atom. The van der Waals surface area contributed by atoms with E-state index in [-0.39, 0.29) is 11.9 Å². The van der Waals surface area contributed by atoms with Crippen LogP contribution in [0.5, 0.6) is 0 Å². The minimum absolute atomic E-state index is 0.0482. The van der Waals surface area contributed by atoms with E-state index < -0.39 is 0 Å². The molecule has 0 radical (unpaired) electrons. The number of amides is 3. The zero-order chi connectivity index (χ0) is 14.3. The predicted molar refractivity (Wildman–Crippen MR) is 75.0 cm³/mol. The number of piperazine rings is 1. The maximum atomic E-state index is 11.8. The van der Waals surface area contributed by atoms with Crippen LogP contribution in [0.2, 0.25) is 0 Å². The van der Waals surface area contributed by atoms with E-state index in [1.165, 1.54) is 0 Å². The number of nitrogens with zero attached hydrogens (tertiary/aromatic N) is 3. The molecule has 1 fully saturated rings. The Bertz CT molecular complexity index is 299. The molecule has 1 rings (SSSR count). The summed E-state index contributed by atoms with van der Waals surface area (Å²) >= 11 is 0. The van der Waals surface area contributed by atoms with E-state index in [2.05, 4.69) is 17.1 Å². The SMILES string of the molecule is CCCCNC(=O)CN1CCN(C(=O)N(C)C)CC1. The van der Waals surface area contributed by atoms with E-state index >= 15 is 0 Å². The van der Waals surface area contributed by atoms with Crippen molar-refractivity contribution in [2.75, 3.05) is 53.4 Å². The number of hydrogen-bond acceptors (Lipinski definition) is 3. The number of carbonyl (C=O) groups is 2. The van der Waals surface area contributed by atoms with Gasteiger partial charge in [-0.25, -0.2) is 4.79 Å². The molecule has 0 aromatic carbocycles. The molecule has 0 bridgehead atoms. The fourth-order valence-corrected chi connectivity index (χ4v) is 2.04. The summed E-state index contributed by atoms with van der Waals surface area (Å²) in [6, 6.07) is 0.0482. The van der Waals surface area contributed by atoms with Gasteiger partial charge in [0.05, 0.1) is 6.54 Å². The topological polar surface area (TPSA) is 55.9 Å². The first-order valence-electron chi connectivity index (χ1n) is 7.00. The minimum Gasteiger partial charge on any atom is -0.355 e. The Kier molecular flexibility index (Phi) is 6.62. The molecule has 0 aliphatic carbocycles. The average Bonchev–Trinajstić information content (AvgIpc) is 2.39. The van der Waals surface area contributed by atoms with Crippen LogP contribution < -0.4 is 5.32 Å². The van der Waals surface area contributed by atoms with Crippen molar-refractivity contribution in [3.8, 4) is 0 Å². The molecule has 0 unspecified atom stereocenters. The number of urea groups is 1. The summed E-state index contributed by atoms with van der Waals surface area (Å²) in [5.41, 5.74) is 0. The summed E-state index contributed by atoms with van der Waals surface area (Å²) in [5.74, 6) is 0.0841. The zero-order valence-corrected chi connectivity index (χ0v) is 12.3. The molecule has 0 aromatic rings.